The van der Waals surface area contributed by atoms with Gasteiger partial charge in [0.2, 0.25) is 0 Å². The van der Waals surface area contributed by atoms with Crippen LogP contribution >= 0.6 is 11.6 Å². The number of carbonyl (C=O) groups excluding carboxylic acids is 1. The van der Waals surface area contributed by atoms with Crippen LogP contribution in [0.2, 0.25) is 5.02 Å². The van der Waals surface area contributed by atoms with Crippen molar-refractivity contribution in [3.8, 4) is 0 Å². The molecule has 168 valence electrons. The van der Waals surface area contributed by atoms with Crippen LogP contribution in [0, 0.1) is 13.8 Å². The maximum atomic E-state index is 13.6. The largest absolute Gasteiger partial charge is 0.290 e. The molecular formula is C28H28ClN3O. The van der Waals surface area contributed by atoms with E-state index in [1.54, 1.807) is 5.01 Å². The minimum atomic E-state index is -0.195. The lowest BCUT2D eigenvalue weighted by atomic mass is 9.96. The second-order valence-corrected chi connectivity index (χ2v) is 9.46. The summed E-state index contributed by atoms with van der Waals surface area (Å²) in [6.07, 6.45) is 1.62. The van der Waals surface area contributed by atoms with Gasteiger partial charge in [0.1, 0.15) is 0 Å². The number of rotatable bonds is 4. The van der Waals surface area contributed by atoms with Gasteiger partial charge in [-0.3, -0.25) is 9.69 Å². The molecule has 3 aromatic carbocycles. The Kier molecular flexibility index (Phi) is 6.05. The molecule has 5 heteroatoms. The molecule has 0 N–H and O–H groups in total. The van der Waals surface area contributed by atoms with E-state index in [0.717, 1.165) is 36.3 Å². The molecular weight excluding hydrogens is 430 g/mol. The van der Waals surface area contributed by atoms with Crippen molar-refractivity contribution in [1.82, 2.24) is 9.91 Å². The molecule has 33 heavy (non-hydrogen) atoms. The first-order valence-electron chi connectivity index (χ1n) is 11.5. The van der Waals surface area contributed by atoms with E-state index in [1.165, 1.54) is 22.3 Å². The monoisotopic (exact) mass is 457 g/mol. The van der Waals surface area contributed by atoms with E-state index < -0.39 is 0 Å². The number of halogens is 1. The molecule has 1 unspecified atom stereocenters. The van der Waals surface area contributed by atoms with Crippen LogP contribution < -0.4 is 0 Å². The second-order valence-electron chi connectivity index (χ2n) is 9.05. The van der Waals surface area contributed by atoms with Gasteiger partial charge in [0.05, 0.1) is 18.3 Å². The van der Waals surface area contributed by atoms with Gasteiger partial charge in [-0.05, 0) is 65.8 Å². The zero-order valence-electron chi connectivity index (χ0n) is 19.1. The van der Waals surface area contributed by atoms with Crippen molar-refractivity contribution in [2.45, 2.75) is 39.3 Å². The molecule has 0 saturated carbocycles. The molecule has 2 aliphatic heterocycles. The highest BCUT2D eigenvalue weighted by Crippen LogP contribution is 2.36. The second kappa shape index (κ2) is 9.12. The highest BCUT2D eigenvalue weighted by molar-refractivity contribution is 6.31. The predicted molar refractivity (Wildman–Crippen MR) is 134 cm³/mol. The van der Waals surface area contributed by atoms with E-state index in [2.05, 4.69) is 61.2 Å². The Morgan fingerprint density at radius 2 is 1.76 bits per heavy atom. The first-order chi connectivity index (χ1) is 16.0. The van der Waals surface area contributed by atoms with Gasteiger partial charge in [0, 0.05) is 24.5 Å². The third-order valence-corrected chi connectivity index (χ3v) is 7.18. The maximum absolute atomic E-state index is 13.6. The van der Waals surface area contributed by atoms with Crippen LogP contribution in [0.4, 0.5) is 0 Å². The third kappa shape index (κ3) is 4.46. The number of nitrogens with zero attached hydrogens (tertiary/aromatic N) is 3. The third-order valence-electron chi connectivity index (χ3n) is 6.84. The van der Waals surface area contributed by atoms with Crippen molar-refractivity contribution in [3.05, 3.63) is 105 Å². The van der Waals surface area contributed by atoms with Gasteiger partial charge in [-0.15, -0.1) is 0 Å². The quantitative estimate of drug-likeness (QED) is 0.504. The van der Waals surface area contributed by atoms with Crippen LogP contribution in [0.5, 0.6) is 0 Å². The van der Waals surface area contributed by atoms with Gasteiger partial charge in [-0.25, -0.2) is 5.01 Å². The zero-order chi connectivity index (χ0) is 22.9. The van der Waals surface area contributed by atoms with E-state index >= 15 is 0 Å². The van der Waals surface area contributed by atoms with Gasteiger partial charge in [0.15, 0.2) is 0 Å². The summed E-state index contributed by atoms with van der Waals surface area (Å²) in [5.41, 5.74) is 8.10. The molecule has 5 rings (SSSR count). The van der Waals surface area contributed by atoms with Crippen LogP contribution in [0.25, 0.3) is 0 Å². The summed E-state index contributed by atoms with van der Waals surface area (Å²) < 4.78 is 0. The van der Waals surface area contributed by atoms with Crippen LogP contribution in [0.15, 0.2) is 71.8 Å². The van der Waals surface area contributed by atoms with E-state index in [4.69, 9.17) is 16.7 Å². The lowest BCUT2D eigenvalue weighted by molar-refractivity contribution is -0.134. The predicted octanol–water partition coefficient (Wildman–Crippen LogP) is 5.69. The summed E-state index contributed by atoms with van der Waals surface area (Å²) in [6.45, 7) is 6.23. The summed E-state index contributed by atoms with van der Waals surface area (Å²) in [7, 11) is 0. The molecule has 2 aliphatic rings. The fraction of sp³-hybridized carbons (Fsp3) is 0.286. The van der Waals surface area contributed by atoms with Crippen LogP contribution in [0.1, 0.15) is 45.8 Å². The fourth-order valence-corrected chi connectivity index (χ4v) is 5.04. The van der Waals surface area contributed by atoms with E-state index in [-0.39, 0.29) is 11.9 Å². The van der Waals surface area contributed by atoms with E-state index in [9.17, 15) is 4.79 Å². The molecule has 3 aromatic rings. The average Bonchev–Trinajstić information content (AvgIpc) is 3.26. The molecule has 2 heterocycles. The lowest BCUT2D eigenvalue weighted by Crippen LogP contribution is -2.40. The standard InChI is InChI=1S/C28H28ClN3O/c1-19-11-12-22(15-20(19)2)26-16-27(24-9-5-6-10-25(24)29)32(30-26)28(33)18-31-14-13-21-7-3-4-8-23(21)17-31/h3-12,15,27H,13-14,16-18H2,1-2H3. The highest BCUT2D eigenvalue weighted by atomic mass is 35.5. The summed E-state index contributed by atoms with van der Waals surface area (Å²) in [5.74, 6) is 0.0122. The topological polar surface area (TPSA) is 35.9 Å². The first kappa shape index (κ1) is 21.9. The Morgan fingerprint density at radius 3 is 2.55 bits per heavy atom. The molecule has 0 saturated heterocycles. The Labute approximate surface area is 200 Å². The summed E-state index contributed by atoms with van der Waals surface area (Å²) in [6, 6.07) is 22.5. The van der Waals surface area contributed by atoms with Crippen LogP contribution in [-0.2, 0) is 17.8 Å². The number of carbonyl (C=O) groups is 1. The number of fused-ring (bicyclic) bond motifs is 1. The van der Waals surface area contributed by atoms with Gasteiger partial charge in [-0.2, -0.15) is 5.10 Å². The first-order valence-corrected chi connectivity index (χ1v) is 11.9. The van der Waals surface area contributed by atoms with Gasteiger partial charge < -0.3 is 0 Å². The molecule has 1 atom stereocenters. The minimum Gasteiger partial charge on any atom is -0.290 e. The summed E-state index contributed by atoms with van der Waals surface area (Å²) in [4.78, 5) is 15.8. The van der Waals surface area contributed by atoms with Crippen molar-refractivity contribution in [1.29, 1.82) is 0 Å². The number of hydrogen-bond acceptors (Lipinski definition) is 3. The van der Waals surface area contributed by atoms with Crippen molar-refractivity contribution in [2.75, 3.05) is 13.1 Å². The molecule has 1 amide bonds. The number of amides is 1. The number of aryl methyl sites for hydroxylation is 2. The summed E-state index contributed by atoms with van der Waals surface area (Å²) >= 11 is 6.56. The van der Waals surface area contributed by atoms with Crippen molar-refractivity contribution < 1.29 is 4.79 Å². The van der Waals surface area contributed by atoms with Crippen molar-refractivity contribution >= 4 is 23.2 Å². The van der Waals surface area contributed by atoms with E-state index in [0.29, 0.717) is 18.0 Å². The zero-order valence-corrected chi connectivity index (χ0v) is 19.8. The van der Waals surface area contributed by atoms with E-state index in [1.807, 2.05) is 24.3 Å². The molecule has 4 nitrogen and oxygen atoms in total. The Hall–Kier alpha value is -2.95. The number of hydrazone groups is 1. The molecule has 0 fully saturated rings. The average molecular weight is 458 g/mol. The Morgan fingerprint density at radius 1 is 1.00 bits per heavy atom. The van der Waals surface area contributed by atoms with Gasteiger partial charge in [0.25, 0.3) is 5.91 Å². The maximum Gasteiger partial charge on any atom is 0.257 e. The smallest absolute Gasteiger partial charge is 0.257 e. The Balaban J connectivity index is 1.42. The normalized spacial score (nSPS) is 18.2. The molecule has 0 radical (unpaired) electrons. The minimum absolute atomic E-state index is 0.0122. The SMILES string of the molecule is Cc1ccc(C2=NN(C(=O)CN3CCc4ccccc4C3)C(c3ccccc3Cl)C2)cc1C. The van der Waals surface area contributed by atoms with Crippen molar-refractivity contribution in [2.24, 2.45) is 5.10 Å². The highest BCUT2D eigenvalue weighted by Gasteiger charge is 2.35. The van der Waals surface area contributed by atoms with Crippen LogP contribution in [0.3, 0.4) is 0 Å². The number of hydrogen-bond donors (Lipinski definition) is 0. The van der Waals surface area contributed by atoms with Gasteiger partial charge >= 0.3 is 0 Å². The molecule has 0 spiro atoms. The molecule has 0 aliphatic carbocycles. The van der Waals surface area contributed by atoms with Crippen LogP contribution in [-0.4, -0.2) is 34.6 Å². The summed E-state index contributed by atoms with van der Waals surface area (Å²) in [5, 5.41) is 7.20. The Bertz CT molecular complexity index is 1240. The molecule has 0 aromatic heterocycles. The van der Waals surface area contributed by atoms with Crippen molar-refractivity contribution in [3.63, 3.8) is 0 Å². The lowest BCUT2D eigenvalue weighted by Gasteiger charge is -2.30. The fourth-order valence-electron chi connectivity index (χ4n) is 4.78. The number of benzene rings is 3. The van der Waals surface area contributed by atoms with Gasteiger partial charge in [-0.1, -0.05) is 66.2 Å². The molecule has 0 bridgehead atoms.